The van der Waals surface area contributed by atoms with Gasteiger partial charge >= 0.3 is 0 Å². The maximum Gasteiger partial charge on any atom is 0.0987 e. The number of aromatic nitrogens is 2. The standard InChI is InChI=1S/C26H20N2/c1-4-11-20(12-5-1)19-28-26(22-15-8-3-9-16-22)24-18-10-17-23(24)25(27-28)21-13-6-2-7-14-21/h1-18H,19H2. The van der Waals surface area contributed by atoms with Gasteiger partial charge in [-0.2, -0.15) is 5.10 Å². The van der Waals surface area contributed by atoms with Crippen molar-refractivity contribution < 1.29 is 0 Å². The predicted molar refractivity (Wildman–Crippen MR) is 115 cm³/mol. The predicted octanol–water partition coefficient (Wildman–Crippen LogP) is 6.37. The fourth-order valence-electron chi connectivity index (χ4n) is 3.78. The zero-order valence-electron chi connectivity index (χ0n) is 15.5. The van der Waals surface area contributed by atoms with Crippen LogP contribution in [-0.2, 0) is 6.54 Å². The Labute approximate surface area is 165 Å². The highest BCUT2D eigenvalue weighted by Gasteiger charge is 2.20. The van der Waals surface area contributed by atoms with Crippen molar-refractivity contribution in [1.29, 1.82) is 0 Å². The summed E-state index contributed by atoms with van der Waals surface area (Å²) in [5.41, 5.74) is 8.16. The van der Waals surface area contributed by atoms with Gasteiger partial charge in [0.2, 0.25) is 0 Å². The Hall–Kier alpha value is -3.65. The molecule has 0 spiro atoms. The maximum absolute atomic E-state index is 5.13. The van der Waals surface area contributed by atoms with Crippen LogP contribution in [-0.4, -0.2) is 9.78 Å². The molecule has 5 rings (SSSR count). The molecular weight excluding hydrogens is 340 g/mol. The van der Waals surface area contributed by atoms with Crippen molar-refractivity contribution in [3.8, 4) is 33.6 Å². The molecule has 0 N–H and O–H groups in total. The fraction of sp³-hybridized carbons (Fsp3) is 0.0385. The minimum atomic E-state index is 0.728. The second-order valence-corrected chi connectivity index (χ2v) is 6.93. The molecule has 0 aromatic heterocycles. The highest BCUT2D eigenvalue weighted by molar-refractivity contribution is 5.90. The van der Waals surface area contributed by atoms with Crippen molar-refractivity contribution in [2.75, 3.05) is 0 Å². The average molecular weight is 360 g/mol. The van der Waals surface area contributed by atoms with Gasteiger partial charge < -0.3 is 0 Å². The quantitative estimate of drug-likeness (QED) is 0.364. The molecule has 2 nitrogen and oxygen atoms in total. The molecule has 2 heteroatoms. The number of benzene rings is 3. The minimum absolute atomic E-state index is 0.728. The summed E-state index contributed by atoms with van der Waals surface area (Å²) in [6, 6.07) is 38.0. The van der Waals surface area contributed by atoms with Gasteiger partial charge in [0.25, 0.3) is 0 Å². The van der Waals surface area contributed by atoms with Gasteiger partial charge in [0.15, 0.2) is 0 Å². The molecule has 0 unspecified atom stereocenters. The summed E-state index contributed by atoms with van der Waals surface area (Å²) in [6.45, 7) is 0.728. The van der Waals surface area contributed by atoms with E-state index in [9.17, 15) is 0 Å². The molecule has 0 atom stereocenters. The van der Waals surface area contributed by atoms with Gasteiger partial charge in [0.05, 0.1) is 17.9 Å². The Balaban J connectivity index is 1.77. The largest absolute Gasteiger partial charge is 0.259 e. The zero-order chi connectivity index (χ0) is 18.8. The summed E-state index contributed by atoms with van der Waals surface area (Å²) >= 11 is 0. The normalized spacial score (nSPS) is 11.0. The Morgan fingerprint density at radius 3 is 1.79 bits per heavy atom. The molecular formula is C26H20N2. The SMILES string of the molecule is c1ccc(Cn2nc(-c3ccccc3)c3cccc-3c2-c2ccccc2)cc1. The monoisotopic (exact) mass is 360 g/mol. The third kappa shape index (κ3) is 2.99. The number of nitrogens with zero attached hydrogens (tertiary/aromatic N) is 2. The van der Waals surface area contributed by atoms with Crippen LogP contribution >= 0.6 is 0 Å². The van der Waals surface area contributed by atoms with Crippen molar-refractivity contribution in [2.45, 2.75) is 6.54 Å². The van der Waals surface area contributed by atoms with E-state index >= 15 is 0 Å². The summed E-state index contributed by atoms with van der Waals surface area (Å²) in [5, 5.41) is 5.13. The van der Waals surface area contributed by atoms with Crippen LogP contribution in [0.4, 0.5) is 0 Å². The lowest BCUT2D eigenvalue weighted by atomic mass is 9.98. The molecule has 1 aliphatic heterocycles. The van der Waals surface area contributed by atoms with Crippen molar-refractivity contribution in [2.24, 2.45) is 0 Å². The van der Waals surface area contributed by atoms with Gasteiger partial charge in [-0.3, -0.25) is 4.68 Å². The average Bonchev–Trinajstić information content (AvgIpc) is 3.25. The van der Waals surface area contributed by atoms with E-state index < -0.39 is 0 Å². The van der Waals surface area contributed by atoms with E-state index in [-0.39, 0.29) is 0 Å². The molecule has 3 aromatic carbocycles. The highest BCUT2D eigenvalue weighted by atomic mass is 15.3. The Morgan fingerprint density at radius 1 is 0.536 bits per heavy atom. The Bertz CT molecular complexity index is 1160. The molecule has 0 saturated carbocycles. The molecule has 3 aromatic rings. The highest BCUT2D eigenvalue weighted by Crippen LogP contribution is 2.39. The third-order valence-corrected chi connectivity index (χ3v) is 5.07. The van der Waals surface area contributed by atoms with Crippen molar-refractivity contribution in [3.63, 3.8) is 0 Å². The molecule has 1 aliphatic carbocycles. The summed E-state index contributed by atoms with van der Waals surface area (Å²) in [6.07, 6.45) is 0. The molecule has 0 radical (unpaired) electrons. The lowest BCUT2D eigenvalue weighted by molar-refractivity contribution is 0.679. The van der Waals surface area contributed by atoms with Crippen molar-refractivity contribution in [3.05, 3.63) is 115 Å². The summed E-state index contributed by atoms with van der Waals surface area (Å²) in [5.74, 6) is 0. The lowest BCUT2D eigenvalue weighted by Crippen LogP contribution is -2.12. The van der Waals surface area contributed by atoms with Gasteiger partial charge in [-0.05, 0) is 5.56 Å². The molecule has 2 aliphatic rings. The van der Waals surface area contributed by atoms with E-state index in [4.69, 9.17) is 5.10 Å². The molecule has 134 valence electrons. The first-order valence-electron chi connectivity index (χ1n) is 9.54. The number of rotatable bonds is 4. The van der Waals surface area contributed by atoms with E-state index in [0.29, 0.717) is 0 Å². The third-order valence-electron chi connectivity index (χ3n) is 5.07. The molecule has 0 fully saturated rings. The Kier molecular flexibility index (Phi) is 4.23. The number of fused-ring (bicyclic) bond motifs is 1. The number of hydrogen-bond acceptors (Lipinski definition) is 1. The van der Waals surface area contributed by atoms with Crippen molar-refractivity contribution in [1.82, 2.24) is 9.78 Å². The molecule has 28 heavy (non-hydrogen) atoms. The number of hydrogen-bond donors (Lipinski definition) is 0. The van der Waals surface area contributed by atoms with E-state index in [1.165, 1.54) is 22.3 Å². The summed E-state index contributed by atoms with van der Waals surface area (Å²) in [7, 11) is 0. The van der Waals surface area contributed by atoms with E-state index in [2.05, 4.69) is 108 Å². The second kappa shape index (κ2) is 7.16. The maximum atomic E-state index is 5.13. The minimum Gasteiger partial charge on any atom is -0.259 e. The van der Waals surface area contributed by atoms with Crippen LogP contribution in [0.5, 0.6) is 0 Å². The van der Waals surface area contributed by atoms with Crippen LogP contribution in [0, 0.1) is 0 Å². The van der Waals surface area contributed by atoms with Crippen LogP contribution in [0.2, 0.25) is 0 Å². The first-order valence-corrected chi connectivity index (χ1v) is 9.54. The van der Waals surface area contributed by atoms with Gasteiger partial charge in [0.1, 0.15) is 0 Å². The van der Waals surface area contributed by atoms with Crippen molar-refractivity contribution >= 4 is 0 Å². The fourth-order valence-corrected chi connectivity index (χ4v) is 3.78. The van der Waals surface area contributed by atoms with Crippen LogP contribution in [0.25, 0.3) is 33.6 Å². The second-order valence-electron chi connectivity index (χ2n) is 6.93. The van der Waals surface area contributed by atoms with Gasteiger partial charge in [-0.1, -0.05) is 109 Å². The van der Waals surface area contributed by atoms with E-state index in [1.54, 1.807) is 0 Å². The summed E-state index contributed by atoms with van der Waals surface area (Å²) < 4.78 is 2.15. The first kappa shape index (κ1) is 16.5. The van der Waals surface area contributed by atoms with Gasteiger partial charge in [-0.25, -0.2) is 0 Å². The van der Waals surface area contributed by atoms with Crippen LogP contribution < -0.4 is 0 Å². The first-order chi connectivity index (χ1) is 13.9. The topological polar surface area (TPSA) is 17.8 Å². The molecule has 0 saturated heterocycles. The van der Waals surface area contributed by atoms with Gasteiger partial charge in [-0.15, -0.1) is 0 Å². The zero-order valence-corrected chi connectivity index (χ0v) is 15.5. The van der Waals surface area contributed by atoms with E-state index in [0.717, 1.165) is 23.5 Å². The smallest absolute Gasteiger partial charge is 0.0987 e. The van der Waals surface area contributed by atoms with Crippen LogP contribution in [0.3, 0.4) is 0 Å². The van der Waals surface area contributed by atoms with Crippen LogP contribution in [0.15, 0.2) is 109 Å². The molecule has 0 amide bonds. The van der Waals surface area contributed by atoms with Gasteiger partial charge in [0, 0.05) is 22.3 Å². The molecule has 0 bridgehead atoms. The van der Waals surface area contributed by atoms with E-state index in [1.807, 2.05) is 6.07 Å². The molecule has 1 heterocycles. The Morgan fingerprint density at radius 2 is 1.11 bits per heavy atom. The summed E-state index contributed by atoms with van der Waals surface area (Å²) in [4.78, 5) is 0. The lowest BCUT2D eigenvalue weighted by Gasteiger charge is -2.20. The van der Waals surface area contributed by atoms with Crippen LogP contribution in [0.1, 0.15) is 5.56 Å².